The fourth-order valence-corrected chi connectivity index (χ4v) is 0.909. The van der Waals surface area contributed by atoms with Gasteiger partial charge in [-0.2, -0.15) is 0 Å². The van der Waals surface area contributed by atoms with E-state index in [0.29, 0.717) is 5.57 Å². The van der Waals surface area contributed by atoms with E-state index < -0.39 is 11.6 Å². The summed E-state index contributed by atoms with van der Waals surface area (Å²) >= 11 is 0. The molecule has 1 unspecified atom stereocenters. The second-order valence-electron chi connectivity index (χ2n) is 2.61. The molecular formula is C7H8N2O2. The fraction of sp³-hybridized carbons (Fsp3) is 0.429. The minimum Gasteiger partial charge on any atom is -0.369 e. The number of hydrogen-bond donors (Lipinski definition) is 2. The van der Waals surface area contributed by atoms with Crippen LogP contribution in [0.25, 0.3) is 4.85 Å². The van der Waals surface area contributed by atoms with Gasteiger partial charge in [-0.25, -0.2) is 4.85 Å². The number of nitrogens with one attached hydrogen (secondary N) is 1. The summed E-state index contributed by atoms with van der Waals surface area (Å²) in [5, 5.41) is 11.7. The molecule has 1 aliphatic heterocycles. The summed E-state index contributed by atoms with van der Waals surface area (Å²) in [5.74, 6) is -0.498. The minimum absolute atomic E-state index is 0.00463. The average Bonchev–Trinajstić information content (AvgIpc) is 2.04. The zero-order valence-electron chi connectivity index (χ0n) is 6.30. The van der Waals surface area contributed by atoms with Crippen LogP contribution in [0.3, 0.4) is 0 Å². The van der Waals surface area contributed by atoms with Crippen molar-refractivity contribution in [2.45, 2.75) is 19.6 Å². The highest BCUT2D eigenvalue weighted by Crippen LogP contribution is 2.24. The molecule has 0 aromatic rings. The van der Waals surface area contributed by atoms with Crippen molar-refractivity contribution in [1.82, 2.24) is 5.32 Å². The Morgan fingerprint density at radius 2 is 2.27 bits per heavy atom. The van der Waals surface area contributed by atoms with Gasteiger partial charge in [0.05, 0.1) is 6.57 Å². The van der Waals surface area contributed by atoms with Gasteiger partial charge in [0, 0.05) is 0 Å². The molecule has 0 saturated carbocycles. The molecule has 0 aromatic carbocycles. The van der Waals surface area contributed by atoms with Crippen molar-refractivity contribution in [3.8, 4) is 0 Å². The maximum absolute atomic E-state index is 10.9. The lowest BCUT2D eigenvalue weighted by Crippen LogP contribution is -2.40. The molecule has 4 nitrogen and oxygen atoms in total. The summed E-state index contributed by atoms with van der Waals surface area (Å²) in [7, 11) is 0. The molecule has 1 rings (SSSR count). The zero-order chi connectivity index (χ0) is 8.65. The first-order valence-electron chi connectivity index (χ1n) is 3.12. The first kappa shape index (κ1) is 7.76. The van der Waals surface area contributed by atoms with Crippen molar-refractivity contribution in [2.24, 2.45) is 0 Å². The number of nitrogens with zero attached hydrogens (tertiary/aromatic N) is 1. The molecule has 0 radical (unpaired) electrons. The highest BCUT2D eigenvalue weighted by molar-refractivity contribution is 5.99. The van der Waals surface area contributed by atoms with Gasteiger partial charge in [0.2, 0.25) is 0 Å². The number of rotatable bonds is 0. The molecule has 0 fully saturated rings. The second-order valence-corrected chi connectivity index (χ2v) is 2.61. The largest absolute Gasteiger partial charge is 0.369 e. The van der Waals surface area contributed by atoms with E-state index in [4.69, 9.17) is 6.57 Å². The number of hydrogen-bond acceptors (Lipinski definition) is 2. The van der Waals surface area contributed by atoms with E-state index in [-0.39, 0.29) is 5.70 Å². The first-order chi connectivity index (χ1) is 4.99. The lowest BCUT2D eigenvalue weighted by atomic mass is 10.1. The highest BCUT2D eigenvalue weighted by Gasteiger charge is 2.37. The molecule has 11 heavy (non-hydrogen) atoms. The van der Waals surface area contributed by atoms with E-state index in [1.54, 1.807) is 6.92 Å². The van der Waals surface area contributed by atoms with Gasteiger partial charge in [0.15, 0.2) is 0 Å². The Balaban J connectivity index is 3.18. The van der Waals surface area contributed by atoms with Crippen LogP contribution in [-0.2, 0) is 4.79 Å². The standard InChI is InChI=1S/C7H8N2O2/c1-4-5(8-3)6(10)9-7(4,2)11/h11H,1-2H3,(H,9,10). The van der Waals surface area contributed by atoms with Crippen molar-refractivity contribution in [3.05, 3.63) is 22.7 Å². The van der Waals surface area contributed by atoms with Crippen LogP contribution in [-0.4, -0.2) is 16.7 Å². The van der Waals surface area contributed by atoms with Crippen LogP contribution in [0, 0.1) is 6.57 Å². The SMILES string of the molecule is [C-]#[N+]C1=C(C)C(C)(O)NC1=O. The third-order valence-electron chi connectivity index (χ3n) is 1.77. The summed E-state index contributed by atoms with van der Waals surface area (Å²) in [5.41, 5.74) is -0.954. The first-order valence-corrected chi connectivity index (χ1v) is 3.12. The summed E-state index contributed by atoms with van der Waals surface area (Å²) in [6, 6.07) is 0. The summed E-state index contributed by atoms with van der Waals surface area (Å²) in [4.78, 5) is 13.9. The van der Waals surface area contributed by atoms with Crippen LogP contribution in [0.5, 0.6) is 0 Å². The van der Waals surface area contributed by atoms with Gasteiger partial charge in [-0.15, -0.1) is 0 Å². The second kappa shape index (κ2) is 2.07. The highest BCUT2D eigenvalue weighted by atomic mass is 16.3. The molecule has 2 N–H and O–H groups in total. The normalized spacial score (nSPS) is 30.2. The molecule has 58 valence electrons. The van der Waals surface area contributed by atoms with Crippen LogP contribution in [0.2, 0.25) is 0 Å². The van der Waals surface area contributed by atoms with E-state index in [2.05, 4.69) is 10.2 Å². The molecule has 0 aliphatic carbocycles. The lowest BCUT2D eigenvalue weighted by molar-refractivity contribution is -0.120. The molecule has 1 aliphatic rings. The van der Waals surface area contributed by atoms with Gasteiger partial charge in [-0.1, -0.05) is 0 Å². The topological polar surface area (TPSA) is 53.7 Å². The molecule has 0 saturated heterocycles. The van der Waals surface area contributed by atoms with E-state index in [1.807, 2.05) is 0 Å². The monoisotopic (exact) mass is 152 g/mol. The van der Waals surface area contributed by atoms with Gasteiger partial charge < -0.3 is 10.4 Å². The number of amides is 1. The predicted octanol–water partition coefficient (Wildman–Crippen LogP) is 0.0180. The van der Waals surface area contributed by atoms with Crippen molar-refractivity contribution in [3.63, 3.8) is 0 Å². The number of carbonyl (C=O) groups excluding carboxylic acids is 1. The van der Waals surface area contributed by atoms with Crippen molar-refractivity contribution in [2.75, 3.05) is 0 Å². The zero-order valence-corrected chi connectivity index (χ0v) is 6.30. The van der Waals surface area contributed by atoms with Gasteiger partial charge >= 0.3 is 0 Å². The predicted molar refractivity (Wildman–Crippen MR) is 38.1 cm³/mol. The summed E-state index contributed by atoms with van der Waals surface area (Å²) < 4.78 is 0. The molecule has 4 heteroatoms. The molecule has 1 atom stereocenters. The molecule has 0 spiro atoms. The number of carbonyl (C=O) groups is 1. The Bertz CT molecular complexity index is 283. The summed E-state index contributed by atoms with van der Waals surface area (Å²) in [6.45, 7) is 9.64. The molecule has 1 heterocycles. The Morgan fingerprint density at radius 3 is 2.45 bits per heavy atom. The van der Waals surface area contributed by atoms with Crippen LogP contribution in [0.1, 0.15) is 13.8 Å². The van der Waals surface area contributed by atoms with Crippen LogP contribution in [0.4, 0.5) is 0 Å². The van der Waals surface area contributed by atoms with E-state index in [9.17, 15) is 9.90 Å². The minimum atomic E-state index is -1.34. The smallest absolute Gasteiger partial charge is 0.253 e. The average molecular weight is 152 g/mol. The van der Waals surface area contributed by atoms with Gasteiger partial charge in [0.25, 0.3) is 11.6 Å². The van der Waals surface area contributed by atoms with Crippen LogP contribution < -0.4 is 5.32 Å². The Morgan fingerprint density at radius 1 is 1.73 bits per heavy atom. The van der Waals surface area contributed by atoms with E-state index in [1.165, 1.54) is 6.92 Å². The Hall–Kier alpha value is -1.34. The Kier molecular flexibility index (Phi) is 1.46. The van der Waals surface area contributed by atoms with Crippen molar-refractivity contribution < 1.29 is 9.90 Å². The molecule has 0 aromatic heterocycles. The molecule has 0 bridgehead atoms. The maximum atomic E-state index is 10.9. The third-order valence-corrected chi connectivity index (χ3v) is 1.77. The maximum Gasteiger partial charge on any atom is 0.253 e. The lowest BCUT2D eigenvalue weighted by Gasteiger charge is -2.18. The van der Waals surface area contributed by atoms with Crippen molar-refractivity contribution >= 4 is 5.91 Å². The molecular weight excluding hydrogens is 144 g/mol. The van der Waals surface area contributed by atoms with E-state index in [0.717, 1.165) is 0 Å². The van der Waals surface area contributed by atoms with Crippen molar-refractivity contribution in [1.29, 1.82) is 0 Å². The Labute approximate surface area is 64.3 Å². The van der Waals surface area contributed by atoms with Crippen LogP contribution >= 0.6 is 0 Å². The summed E-state index contributed by atoms with van der Waals surface area (Å²) in [6.07, 6.45) is 0. The fourth-order valence-electron chi connectivity index (χ4n) is 0.909. The van der Waals surface area contributed by atoms with Gasteiger partial charge in [0.1, 0.15) is 5.72 Å². The van der Waals surface area contributed by atoms with Gasteiger partial charge in [-0.05, 0) is 19.4 Å². The van der Waals surface area contributed by atoms with E-state index >= 15 is 0 Å². The molecule has 1 amide bonds. The van der Waals surface area contributed by atoms with Gasteiger partial charge in [-0.3, -0.25) is 4.79 Å². The third kappa shape index (κ3) is 0.994. The number of aliphatic hydroxyl groups is 1. The quantitative estimate of drug-likeness (QED) is 0.481. The van der Waals surface area contributed by atoms with Crippen LogP contribution in [0.15, 0.2) is 11.3 Å².